The second kappa shape index (κ2) is 7.70. The summed E-state index contributed by atoms with van der Waals surface area (Å²) in [6.45, 7) is 4.28. The predicted molar refractivity (Wildman–Crippen MR) is 100 cm³/mol. The lowest BCUT2D eigenvalue weighted by atomic mass is 9.87. The van der Waals surface area contributed by atoms with Gasteiger partial charge >= 0.3 is 0 Å². The highest BCUT2D eigenvalue weighted by molar-refractivity contribution is 5.92. The molecule has 0 N–H and O–H groups in total. The van der Waals surface area contributed by atoms with E-state index in [4.69, 9.17) is 4.74 Å². The maximum atomic E-state index is 12.6. The van der Waals surface area contributed by atoms with Crippen molar-refractivity contribution in [3.8, 4) is 0 Å². The van der Waals surface area contributed by atoms with E-state index in [1.54, 1.807) is 25.7 Å². The van der Waals surface area contributed by atoms with Crippen molar-refractivity contribution in [3.63, 3.8) is 0 Å². The fourth-order valence-corrected chi connectivity index (χ4v) is 4.10. The molecule has 2 saturated heterocycles. The van der Waals surface area contributed by atoms with Crippen LogP contribution in [0.15, 0.2) is 36.9 Å². The fourth-order valence-electron chi connectivity index (χ4n) is 4.10. The van der Waals surface area contributed by atoms with E-state index in [-0.39, 0.29) is 18.1 Å². The van der Waals surface area contributed by atoms with Crippen LogP contribution < -0.4 is 0 Å². The van der Waals surface area contributed by atoms with E-state index in [1.165, 1.54) is 5.56 Å². The van der Waals surface area contributed by atoms with E-state index < -0.39 is 0 Å². The SMILES string of the molecule is CO[C@H]1CN(C2CCN(C(=O)c3cnc(C)cn3)CC2)[C@H]1c1cccnc1. The van der Waals surface area contributed by atoms with Crippen LogP contribution in [0.25, 0.3) is 0 Å². The number of carbonyl (C=O) groups excluding carboxylic acids is 1. The number of rotatable bonds is 4. The Kier molecular flexibility index (Phi) is 5.13. The van der Waals surface area contributed by atoms with E-state index in [9.17, 15) is 4.79 Å². The standard InChI is InChI=1S/C20H25N5O2/c1-14-10-23-17(12-22-14)20(26)24-8-5-16(6-9-24)25-13-18(27-2)19(25)15-4-3-7-21-11-15/h3-4,7,10-12,16,18-19H,5-6,8-9,13H2,1-2H3/t18-,19-/m0/s1. The molecule has 0 unspecified atom stereocenters. The van der Waals surface area contributed by atoms with Crippen LogP contribution in [0.4, 0.5) is 0 Å². The van der Waals surface area contributed by atoms with Crippen LogP contribution in [0, 0.1) is 6.92 Å². The second-order valence-corrected chi connectivity index (χ2v) is 7.27. The zero-order valence-electron chi connectivity index (χ0n) is 15.8. The average molecular weight is 367 g/mol. The molecular formula is C20H25N5O2. The normalized spacial score (nSPS) is 23.9. The molecule has 7 nitrogen and oxygen atoms in total. The minimum absolute atomic E-state index is 0.0249. The number of likely N-dealkylation sites (tertiary alicyclic amines) is 2. The maximum Gasteiger partial charge on any atom is 0.274 e. The zero-order chi connectivity index (χ0) is 18.8. The third kappa shape index (κ3) is 3.57. The number of piperidine rings is 1. The maximum absolute atomic E-state index is 12.6. The summed E-state index contributed by atoms with van der Waals surface area (Å²) in [5.74, 6) is -0.0249. The Morgan fingerprint density at radius 2 is 2.00 bits per heavy atom. The Bertz CT molecular complexity index is 775. The molecule has 0 aromatic carbocycles. The van der Waals surface area contributed by atoms with Crippen LogP contribution in [0.3, 0.4) is 0 Å². The van der Waals surface area contributed by atoms with Crippen LogP contribution in [0.2, 0.25) is 0 Å². The van der Waals surface area contributed by atoms with Crippen molar-refractivity contribution in [1.29, 1.82) is 0 Å². The Morgan fingerprint density at radius 1 is 1.19 bits per heavy atom. The third-order valence-corrected chi connectivity index (χ3v) is 5.65. The third-order valence-electron chi connectivity index (χ3n) is 5.65. The van der Waals surface area contributed by atoms with Gasteiger partial charge in [-0.25, -0.2) is 4.98 Å². The molecule has 2 aliphatic rings. The first kappa shape index (κ1) is 18.0. The molecule has 2 aliphatic heterocycles. The van der Waals surface area contributed by atoms with E-state index in [0.717, 1.165) is 38.2 Å². The van der Waals surface area contributed by atoms with Crippen LogP contribution in [-0.2, 0) is 4.74 Å². The smallest absolute Gasteiger partial charge is 0.274 e. The van der Waals surface area contributed by atoms with Gasteiger partial charge in [0.2, 0.25) is 0 Å². The molecule has 1 amide bonds. The number of hydrogen-bond acceptors (Lipinski definition) is 6. The molecule has 2 aromatic rings. The lowest BCUT2D eigenvalue weighted by Gasteiger charge is -2.52. The first-order chi connectivity index (χ1) is 13.2. The molecule has 4 rings (SSSR count). The number of aromatic nitrogens is 3. The quantitative estimate of drug-likeness (QED) is 0.821. The van der Waals surface area contributed by atoms with Crippen molar-refractivity contribution in [2.45, 2.75) is 38.0 Å². The first-order valence-corrected chi connectivity index (χ1v) is 9.43. The number of methoxy groups -OCH3 is 1. The largest absolute Gasteiger partial charge is 0.378 e. The summed E-state index contributed by atoms with van der Waals surface area (Å²) in [7, 11) is 1.77. The highest BCUT2D eigenvalue weighted by atomic mass is 16.5. The van der Waals surface area contributed by atoms with E-state index >= 15 is 0 Å². The number of aryl methyl sites for hydroxylation is 1. The van der Waals surface area contributed by atoms with Crippen LogP contribution in [0.1, 0.15) is 40.6 Å². The van der Waals surface area contributed by atoms with Gasteiger partial charge in [-0.2, -0.15) is 0 Å². The molecule has 0 aliphatic carbocycles. The predicted octanol–water partition coefficient (Wildman–Crippen LogP) is 1.86. The van der Waals surface area contributed by atoms with E-state index in [0.29, 0.717) is 11.7 Å². The van der Waals surface area contributed by atoms with Crippen molar-refractivity contribution in [2.75, 3.05) is 26.7 Å². The lowest BCUT2D eigenvalue weighted by Crippen LogP contribution is -2.60. The van der Waals surface area contributed by atoms with Gasteiger partial charge in [0, 0.05) is 51.4 Å². The molecule has 142 valence electrons. The summed E-state index contributed by atoms with van der Waals surface area (Å²) < 4.78 is 5.65. The molecule has 0 radical (unpaired) electrons. The van der Waals surface area contributed by atoms with Gasteiger partial charge in [-0.05, 0) is 31.4 Å². The number of carbonyl (C=O) groups is 1. The highest BCUT2D eigenvalue weighted by Crippen LogP contribution is 2.39. The number of nitrogens with zero attached hydrogens (tertiary/aromatic N) is 5. The van der Waals surface area contributed by atoms with Gasteiger partial charge in [0.1, 0.15) is 5.69 Å². The monoisotopic (exact) mass is 367 g/mol. The summed E-state index contributed by atoms with van der Waals surface area (Å²) in [6.07, 6.45) is 9.06. The molecule has 4 heterocycles. The Balaban J connectivity index is 1.39. The van der Waals surface area contributed by atoms with Crippen molar-refractivity contribution >= 4 is 5.91 Å². The molecule has 0 bridgehead atoms. The zero-order valence-corrected chi connectivity index (χ0v) is 15.8. The van der Waals surface area contributed by atoms with E-state index in [1.807, 2.05) is 24.1 Å². The van der Waals surface area contributed by atoms with Crippen molar-refractivity contribution in [2.24, 2.45) is 0 Å². The van der Waals surface area contributed by atoms with Gasteiger partial charge in [0.25, 0.3) is 5.91 Å². The van der Waals surface area contributed by atoms with Gasteiger partial charge in [-0.1, -0.05) is 6.07 Å². The van der Waals surface area contributed by atoms with Gasteiger partial charge in [-0.3, -0.25) is 19.7 Å². The molecule has 7 heteroatoms. The van der Waals surface area contributed by atoms with Crippen molar-refractivity contribution in [1.82, 2.24) is 24.8 Å². The van der Waals surface area contributed by atoms with Crippen molar-refractivity contribution in [3.05, 3.63) is 53.9 Å². The Labute approximate surface area is 159 Å². The fraction of sp³-hybridized carbons (Fsp3) is 0.500. The highest BCUT2D eigenvalue weighted by Gasteiger charge is 2.44. The molecule has 0 saturated carbocycles. The van der Waals surface area contributed by atoms with Gasteiger partial charge in [-0.15, -0.1) is 0 Å². The Hall–Kier alpha value is -2.38. The number of ether oxygens (including phenoxy) is 1. The summed E-state index contributed by atoms with van der Waals surface area (Å²) in [5.41, 5.74) is 2.44. The topological polar surface area (TPSA) is 71.5 Å². The summed E-state index contributed by atoms with van der Waals surface area (Å²) >= 11 is 0. The minimum atomic E-state index is -0.0249. The van der Waals surface area contributed by atoms with Crippen LogP contribution >= 0.6 is 0 Å². The molecule has 2 atom stereocenters. The van der Waals surface area contributed by atoms with Gasteiger partial charge < -0.3 is 9.64 Å². The first-order valence-electron chi connectivity index (χ1n) is 9.43. The van der Waals surface area contributed by atoms with Gasteiger partial charge in [0.15, 0.2) is 0 Å². The molecular weight excluding hydrogens is 342 g/mol. The lowest BCUT2D eigenvalue weighted by molar-refractivity contribution is -0.115. The van der Waals surface area contributed by atoms with Crippen LogP contribution in [0.5, 0.6) is 0 Å². The summed E-state index contributed by atoms with van der Waals surface area (Å²) in [5, 5.41) is 0. The number of amides is 1. The minimum Gasteiger partial charge on any atom is -0.378 e. The van der Waals surface area contributed by atoms with Crippen LogP contribution in [-0.4, -0.2) is 69.5 Å². The molecule has 27 heavy (non-hydrogen) atoms. The molecule has 2 aromatic heterocycles. The summed E-state index contributed by atoms with van der Waals surface area (Å²) in [4.78, 5) is 29.7. The Morgan fingerprint density at radius 3 is 2.63 bits per heavy atom. The average Bonchev–Trinajstić information content (AvgIpc) is 2.69. The van der Waals surface area contributed by atoms with Crippen molar-refractivity contribution < 1.29 is 9.53 Å². The molecule has 0 spiro atoms. The second-order valence-electron chi connectivity index (χ2n) is 7.27. The molecule has 2 fully saturated rings. The number of pyridine rings is 1. The summed E-state index contributed by atoms with van der Waals surface area (Å²) in [6, 6.07) is 4.79. The van der Waals surface area contributed by atoms with Gasteiger partial charge in [0.05, 0.1) is 24.0 Å². The van der Waals surface area contributed by atoms with E-state index in [2.05, 4.69) is 25.9 Å². The number of hydrogen-bond donors (Lipinski definition) is 0.